The van der Waals surface area contributed by atoms with Gasteiger partial charge in [-0.25, -0.2) is 4.98 Å². The highest BCUT2D eigenvalue weighted by molar-refractivity contribution is 6.39. The van der Waals surface area contributed by atoms with E-state index in [1.807, 2.05) is 24.3 Å². The van der Waals surface area contributed by atoms with Crippen LogP contribution in [-0.4, -0.2) is 58.8 Å². The molecule has 0 bridgehead atoms. The maximum Gasteiger partial charge on any atom is 0.259 e. The monoisotopic (exact) mass is 524 g/mol. The zero-order valence-electron chi connectivity index (χ0n) is 19.8. The van der Waals surface area contributed by atoms with E-state index in [0.717, 1.165) is 44.2 Å². The molecule has 0 atom stereocenters. The van der Waals surface area contributed by atoms with Crippen LogP contribution in [0.3, 0.4) is 0 Å². The van der Waals surface area contributed by atoms with E-state index < -0.39 is 0 Å². The van der Waals surface area contributed by atoms with Crippen LogP contribution in [0, 0.1) is 0 Å². The van der Waals surface area contributed by atoms with Crippen LogP contribution in [0.15, 0.2) is 59.5 Å². The number of hydrogen-bond donors (Lipinski definition) is 2. The van der Waals surface area contributed by atoms with E-state index in [9.17, 15) is 4.79 Å². The molecular weight excluding hydrogens is 499 g/mol. The van der Waals surface area contributed by atoms with E-state index in [0.29, 0.717) is 44.8 Å². The van der Waals surface area contributed by atoms with Crippen molar-refractivity contribution in [3.05, 3.63) is 75.1 Å². The summed E-state index contributed by atoms with van der Waals surface area (Å²) < 4.78 is 7.44. The average molecular weight is 525 g/mol. The zero-order valence-corrected chi connectivity index (χ0v) is 21.3. The van der Waals surface area contributed by atoms with Crippen LogP contribution in [0.2, 0.25) is 10.0 Å². The Hall–Kier alpha value is -3.17. The van der Waals surface area contributed by atoms with Gasteiger partial charge in [0.15, 0.2) is 0 Å². The summed E-state index contributed by atoms with van der Waals surface area (Å²) in [6.07, 6.45) is 1.67. The quantitative estimate of drug-likeness (QED) is 0.372. The number of pyridine rings is 1. The van der Waals surface area contributed by atoms with Gasteiger partial charge in [0.05, 0.1) is 15.6 Å². The van der Waals surface area contributed by atoms with Crippen LogP contribution < -0.4 is 20.9 Å². The van der Waals surface area contributed by atoms with Crippen molar-refractivity contribution in [1.29, 1.82) is 0 Å². The van der Waals surface area contributed by atoms with Crippen molar-refractivity contribution in [3.63, 3.8) is 0 Å². The molecule has 1 fully saturated rings. The highest BCUT2D eigenvalue weighted by Gasteiger charge is 2.16. The Morgan fingerprint density at radius 2 is 1.83 bits per heavy atom. The van der Waals surface area contributed by atoms with Crippen molar-refractivity contribution in [3.8, 4) is 16.9 Å². The Kier molecular flexibility index (Phi) is 7.38. The molecule has 8 nitrogen and oxygen atoms in total. The van der Waals surface area contributed by atoms with Gasteiger partial charge in [0.2, 0.25) is 5.95 Å². The van der Waals surface area contributed by atoms with Gasteiger partial charge < -0.3 is 15.4 Å². The van der Waals surface area contributed by atoms with E-state index >= 15 is 0 Å². The van der Waals surface area contributed by atoms with Crippen LogP contribution in [-0.2, 0) is 7.05 Å². The molecule has 3 heterocycles. The first-order valence-electron chi connectivity index (χ1n) is 11.7. The first-order valence-corrected chi connectivity index (χ1v) is 12.5. The largest absolute Gasteiger partial charge is 0.492 e. The zero-order chi connectivity index (χ0) is 25.1. The lowest BCUT2D eigenvalue weighted by Gasteiger charge is -2.26. The number of fused-ring (bicyclic) bond motifs is 1. The molecule has 1 aliphatic heterocycles. The number of aryl methyl sites for hydroxylation is 1. The van der Waals surface area contributed by atoms with Gasteiger partial charge in [0.1, 0.15) is 18.0 Å². The van der Waals surface area contributed by atoms with Crippen LogP contribution >= 0.6 is 23.2 Å². The van der Waals surface area contributed by atoms with E-state index in [1.54, 1.807) is 37.5 Å². The molecule has 0 unspecified atom stereocenters. The molecule has 2 aromatic carbocycles. The summed E-state index contributed by atoms with van der Waals surface area (Å²) in [4.78, 5) is 24.6. The summed E-state index contributed by atoms with van der Waals surface area (Å²) in [6.45, 7) is 5.63. The van der Waals surface area contributed by atoms with Crippen molar-refractivity contribution in [2.45, 2.75) is 0 Å². The molecule has 0 spiro atoms. The van der Waals surface area contributed by atoms with Gasteiger partial charge >= 0.3 is 0 Å². The fourth-order valence-corrected chi connectivity index (χ4v) is 4.86. The molecule has 4 aromatic rings. The maximum absolute atomic E-state index is 13.2. The van der Waals surface area contributed by atoms with Gasteiger partial charge in [-0.3, -0.25) is 14.3 Å². The molecule has 186 valence electrons. The number of ether oxygens (including phenoxy) is 1. The minimum Gasteiger partial charge on any atom is -0.492 e. The highest BCUT2D eigenvalue weighted by atomic mass is 35.5. The second-order valence-electron chi connectivity index (χ2n) is 8.58. The molecule has 0 saturated carbocycles. The van der Waals surface area contributed by atoms with Crippen LogP contribution in [0.25, 0.3) is 22.2 Å². The first-order chi connectivity index (χ1) is 17.5. The Balaban J connectivity index is 1.35. The molecule has 2 N–H and O–H groups in total. The number of nitrogens with zero attached hydrogens (tertiary/aromatic N) is 4. The summed E-state index contributed by atoms with van der Waals surface area (Å²) in [6, 6.07) is 14.5. The summed E-state index contributed by atoms with van der Waals surface area (Å²) in [7, 11) is 1.67. The Morgan fingerprint density at radius 3 is 2.61 bits per heavy atom. The van der Waals surface area contributed by atoms with E-state index in [2.05, 4.69) is 25.5 Å². The van der Waals surface area contributed by atoms with Crippen LogP contribution in [0.1, 0.15) is 0 Å². The molecule has 1 saturated heterocycles. The maximum atomic E-state index is 13.2. The fraction of sp³-hybridized carbons (Fsp3) is 0.269. The van der Waals surface area contributed by atoms with Crippen molar-refractivity contribution < 1.29 is 4.74 Å². The minimum absolute atomic E-state index is 0.248. The third-order valence-corrected chi connectivity index (χ3v) is 6.79. The van der Waals surface area contributed by atoms with Gasteiger partial charge in [-0.15, -0.1) is 0 Å². The molecular formula is C26H26Cl2N6O2. The summed E-state index contributed by atoms with van der Waals surface area (Å²) in [5.74, 6) is 1.14. The number of rotatable bonds is 7. The molecule has 0 aliphatic carbocycles. The lowest BCUT2D eigenvalue weighted by molar-refractivity contribution is 0.191. The molecule has 10 heteroatoms. The number of aromatic nitrogens is 3. The number of anilines is 2. The molecule has 0 radical (unpaired) electrons. The van der Waals surface area contributed by atoms with E-state index in [-0.39, 0.29) is 5.56 Å². The first kappa shape index (κ1) is 24.5. The molecule has 1 aliphatic rings. The Bertz CT molecular complexity index is 1430. The van der Waals surface area contributed by atoms with Gasteiger partial charge in [0, 0.05) is 68.7 Å². The SMILES string of the molecule is Cn1c(=O)c(-c2c(Cl)cccc2Cl)cc2cnc(Nc3cccc(OCCN4CCNCC4)c3)nc21. The van der Waals surface area contributed by atoms with Crippen molar-refractivity contribution in [2.75, 3.05) is 44.6 Å². The number of piperazine rings is 1. The summed E-state index contributed by atoms with van der Waals surface area (Å²) >= 11 is 12.7. The average Bonchev–Trinajstić information content (AvgIpc) is 2.88. The standard InChI is InChI=1S/C26H26Cl2N6O2/c1-33-24-17(14-20(25(33)35)23-21(27)6-3-7-22(23)28)16-30-26(32-24)31-18-4-2-5-19(15-18)36-13-12-34-10-8-29-9-11-34/h2-7,14-16,29H,8-13H2,1H3,(H,30,31,32). The molecule has 5 rings (SSSR count). The third-order valence-electron chi connectivity index (χ3n) is 6.16. The Morgan fingerprint density at radius 1 is 1.08 bits per heavy atom. The molecule has 2 aromatic heterocycles. The number of benzene rings is 2. The lowest BCUT2D eigenvalue weighted by atomic mass is 10.1. The lowest BCUT2D eigenvalue weighted by Crippen LogP contribution is -2.44. The van der Waals surface area contributed by atoms with Gasteiger partial charge in [-0.05, 0) is 30.3 Å². The number of hydrogen-bond acceptors (Lipinski definition) is 7. The fourth-order valence-electron chi connectivity index (χ4n) is 4.26. The van der Waals surface area contributed by atoms with Crippen LogP contribution in [0.4, 0.5) is 11.6 Å². The minimum atomic E-state index is -0.248. The predicted octanol–water partition coefficient (Wildman–Crippen LogP) is 4.33. The van der Waals surface area contributed by atoms with Crippen LogP contribution in [0.5, 0.6) is 5.75 Å². The second-order valence-corrected chi connectivity index (χ2v) is 9.40. The summed E-state index contributed by atoms with van der Waals surface area (Å²) in [5.41, 5.74) is 1.93. The molecule has 0 amide bonds. The second kappa shape index (κ2) is 10.8. The van der Waals surface area contributed by atoms with Gasteiger partial charge in [-0.1, -0.05) is 35.3 Å². The topological polar surface area (TPSA) is 84.3 Å². The number of nitrogens with one attached hydrogen (secondary N) is 2. The third kappa shape index (κ3) is 5.32. The summed E-state index contributed by atoms with van der Waals surface area (Å²) in [5, 5.41) is 8.08. The van der Waals surface area contributed by atoms with Gasteiger partial charge in [0.25, 0.3) is 5.56 Å². The van der Waals surface area contributed by atoms with Crippen molar-refractivity contribution >= 4 is 45.9 Å². The Labute approximate surface area is 218 Å². The predicted molar refractivity (Wildman–Crippen MR) is 145 cm³/mol. The number of halogens is 2. The highest BCUT2D eigenvalue weighted by Crippen LogP contribution is 2.33. The normalized spacial score (nSPS) is 14.2. The smallest absolute Gasteiger partial charge is 0.259 e. The molecule has 36 heavy (non-hydrogen) atoms. The van der Waals surface area contributed by atoms with E-state index in [4.69, 9.17) is 27.9 Å². The van der Waals surface area contributed by atoms with Crippen molar-refractivity contribution in [2.24, 2.45) is 7.05 Å². The van der Waals surface area contributed by atoms with Crippen molar-refractivity contribution in [1.82, 2.24) is 24.8 Å². The van der Waals surface area contributed by atoms with E-state index in [1.165, 1.54) is 4.57 Å². The van der Waals surface area contributed by atoms with Gasteiger partial charge in [-0.2, -0.15) is 4.98 Å².